The summed E-state index contributed by atoms with van der Waals surface area (Å²) in [6.45, 7) is 10.9. The molecule has 166 valence electrons. The summed E-state index contributed by atoms with van der Waals surface area (Å²) in [5, 5.41) is 20.5. The lowest BCUT2D eigenvalue weighted by molar-refractivity contribution is -0.133. The summed E-state index contributed by atoms with van der Waals surface area (Å²) in [6.07, 6.45) is 10.2. The van der Waals surface area contributed by atoms with Crippen LogP contribution in [0.4, 0.5) is 0 Å². The SMILES string of the molecule is CCCCCCCC(C)(C)c1cc(O)c2c(c1)OC(C)(C)[C@@H]1CC=C(C(=O)O)C[C@@H]21. The first kappa shape index (κ1) is 22.7. The Bertz CT molecular complexity index is 819. The number of aliphatic carboxylic acids is 1. The first-order valence-corrected chi connectivity index (χ1v) is 11.6. The summed E-state index contributed by atoms with van der Waals surface area (Å²) in [4.78, 5) is 11.6. The molecule has 0 aromatic heterocycles. The maximum absolute atomic E-state index is 11.6. The Hall–Kier alpha value is -1.97. The van der Waals surface area contributed by atoms with Crippen LogP contribution in [0.15, 0.2) is 23.8 Å². The van der Waals surface area contributed by atoms with Gasteiger partial charge in [-0.3, -0.25) is 0 Å². The van der Waals surface area contributed by atoms with Crippen LogP contribution in [0.2, 0.25) is 0 Å². The van der Waals surface area contributed by atoms with E-state index in [9.17, 15) is 15.0 Å². The van der Waals surface area contributed by atoms with E-state index in [0.717, 1.165) is 23.3 Å². The zero-order chi connectivity index (χ0) is 22.1. The maximum atomic E-state index is 11.6. The molecule has 2 aliphatic rings. The molecular weight excluding hydrogens is 376 g/mol. The monoisotopic (exact) mass is 414 g/mol. The molecule has 0 spiro atoms. The molecule has 1 aromatic rings. The van der Waals surface area contributed by atoms with Crippen LogP contribution in [0.25, 0.3) is 0 Å². The van der Waals surface area contributed by atoms with Gasteiger partial charge in [-0.05, 0) is 56.2 Å². The fourth-order valence-electron chi connectivity index (χ4n) is 5.28. The van der Waals surface area contributed by atoms with Crippen LogP contribution in [0.3, 0.4) is 0 Å². The van der Waals surface area contributed by atoms with E-state index in [1.165, 1.54) is 32.1 Å². The average molecular weight is 415 g/mol. The molecule has 0 saturated carbocycles. The number of rotatable bonds is 8. The van der Waals surface area contributed by atoms with Gasteiger partial charge in [-0.2, -0.15) is 0 Å². The summed E-state index contributed by atoms with van der Waals surface area (Å²) >= 11 is 0. The van der Waals surface area contributed by atoms with Crippen molar-refractivity contribution in [3.05, 3.63) is 34.9 Å². The first-order chi connectivity index (χ1) is 14.1. The van der Waals surface area contributed by atoms with Crippen LogP contribution in [0.1, 0.15) is 103 Å². The normalized spacial score (nSPS) is 22.5. The zero-order valence-corrected chi connectivity index (χ0v) is 19.3. The number of phenols is 1. The second-order valence-corrected chi connectivity index (χ2v) is 10.3. The number of benzene rings is 1. The smallest absolute Gasteiger partial charge is 0.331 e. The fourth-order valence-corrected chi connectivity index (χ4v) is 5.28. The van der Waals surface area contributed by atoms with Crippen LogP contribution < -0.4 is 4.74 Å². The second kappa shape index (κ2) is 8.64. The number of carboxylic acid groups (broad SMARTS) is 1. The minimum Gasteiger partial charge on any atom is -0.508 e. The van der Waals surface area contributed by atoms with E-state index in [-0.39, 0.29) is 23.0 Å². The first-order valence-electron chi connectivity index (χ1n) is 11.6. The molecule has 1 aromatic carbocycles. The highest BCUT2D eigenvalue weighted by Gasteiger charge is 2.47. The van der Waals surface area contributed by atoms with E-state index in [4.69, 9.17) is 4.74 Å². The van der Waals surface area contributed by atoms with Gasteiger partial charge in [0.25, 0.3) is 0 Å². The summed E-state index contributed by atoms with van der Waals surface area (Å²) in [5.74, 6) is 0.225. The Morgan fingerprint density at radius 2 is 1.90 bits per heavy atom. The van der Waals surface area contributed by atoms with Crippen molar-refractivity contribution in [2.75, 3.05) is 0 Å². The van der Waals surface area contributed by atoms with E-state index in [0.29, 0.717) is 18.4 Å². The molecule has 0 fully saturated rings. The lowest BCUT2D eigenvalue weighted by Crippen LogP contribution is -2.46. The van der Waals surface area contributed by atoms with Crippen LogP contribution in [-0.2, 0) is 10.2 Å². The van der Waals surface area contributed by atoms with Crippen LogP contribution >= 0.6 is 0 Å². The third-order valence-electron chi connectivity index (χ3n) is 7.26. The number of allylic oxidation sites excluding steroid dienone is 1. The fraction of sp³-hybridized carbons (Fsp3) is 0.654. The van der Waals surface area contributed by atoms with Gasteiger partial charge in [0, 0.05) is 23.0 Å². The third kappa shape index (κ3) is 4.53. The number of aromatic hydroxyl groups is 1. The third-order valence-corrected chi connectivity index (χ3v) is 7.26. The minimum absolute atomic E-state index is 0.0361. The van der Waals surface area contributed by atoms with Crippen molar-refractivity contribution < 1.29 is 19.7 Å². The van der Waals surface area contributed by atoms with Gasteiger partial charge in [-0.15, -0.1) is 0 Å². The standard InChI is InChI=1S/C26H38O4/c1-6-7-8-9-10-13-25(2,3)18-15-21(27)23-19-14-17(24(28)29)11-12-20(19)26(4,5)30-22(23)16-18/h11,15-16,19-20,27H,6-10,12-14H2,1-5H3,(H,28,29)/t19-,20-/m1/s1. The number of carbonyl (C=O) groups is 1. The lowest BCUT2D eigenvalue weighted by Gasteiger charge is -2.47. The van der Waals surface area contributed by atoms with E-state index < -0.39 is 11.6 Å². The number of fused-ring (bicyclic) bond motifs is 3. The molecule has 0 bridgehead atoms. The molecule has 4 nitrogen and oxygen atoms in total. The van der Waals surface area contributed by atoms with Crippen LogP contribution in [0, 0.1) is 5.92 Å². The molecule has 30 heavy (non-hydrogen) atoms. The highest BCUT2D eigenvalue weighted by Crippen LogP contribution is 2.55. The van der Waals surface area contributed by atoms with Gasteiger partial charge < -0.3 is 14.9 Å². The molecule has 0 saturated heterocycles. The second-order valence-electron chi connectivity index (χ2n) is 10.3. The molecule has 1 heterocycles. The quantitative estimate of drug-likeness (QED) is 0.464. The number of hydrogen-bond donors (Lipinski definition) is 2. The van der Waals surface area contributed by atoms with Crippen molar-refractivity contribution in [2.45, 2.75) is 103 Å². The summed E-state index contributed by atoms with van der Waals surface area (Å²) in [7, 11) is 0. The Labute approximate surface area is 181 Å². The predicted molar refractivity (Wildman–Crippen MR) is 120 cm³/mol. The van der Waals surface area contributed by atoms with Crippen molar-refractivity contribution in [1.29, 1.82) is 0 Å². The highest BCUT2D eigenvalue weighted by atomic mass is 16.5. The molecule has 1 aliphatic carbocycles. The van der Waals surface area contributed by atoms with Gasteiger partial charge >= 0.3 is 5.97 Å². The van der Waals surface area contributed by atoms with Crippen molar-refractivity contribution in [3.63, 3.8) is 0 Å². The van der Waals surface area contributed by atoms with E-state index in [2.05, 4.69) is 40.7 Å². The topological polar surface area (TPSA) is 66.8 Å². The Morgan fingerprint density at radius 3 is 2.57 bits per heavy atom. The molecule has 0 unspecified atom stereocenters. The number of phenolic OH excluding ortho intramolecular Hbond substituents is 1. The summed E-state index contributed by atoms with van der Waals surface area (Å²) < 4.78 is 6.42. The molecule has 0 amide bonds. The van der Waals surface area contributed by atoms with Gasteiger partial charge in [0.2, 0.25) is 0 Å². The van der Waals surface area contributed by atoms with Crippen LogP contribution in [0.5, 0.6) is 11.5 Å². The Morgan fingerprint density at radius 1 is 1.20 bits per heavy atom. The van der Waals surface area contributed by atoms with Gasteiger partial charge in [0.05, 0.1) is 0 Å². The number of carboxylic acids is 1. The predicted octanol–water partition coefficient (Wildman–Crippen LogP) is 6.71. The zero-order valence-electron chi connectivity index (χ0n) is 19.3. The molecule has 3 rings (SSSR count). The summed E-state index contributed by atoms with van der Waals surface area (Å²) in [6, 6.07) is 3.99. The van der Waals surface area contributed by atoms with E-state index >= 15 is 0 Å². The van der Waals surface area contributed by atoms with Crippen molar-refractivity contribution in [1.82, 2.24) is 0 Å². The largest absolute Gasteiger partial charge is 0.508 e. The Kier molecular flexibility index (Phi) is 6.54. The molecule has 0 radical (unpaired) electrons. The van der Waals surface area contributed by atoms with Gasteiger partial charge in [0.1, 0.15) is 17.1 Å². The average Bonchev–Trinajstić information content (AvgIpc) is 2.66. The number of unbranched alkanes of at least 4 members (excludes halogenated alkanes) is 4. The number of hydrogen-bond acceptors (Lipinski definition) is 3. The molecule has 2 N–H and O–H groups in total. The molecule has 2 atom stereocenters. The van der Waals surface area contributed by atoms with Crippen molar-refractivity contribution in [3.8, 4) is 11.5 Å². The van der Waals surface area contributed by atoms with Crippen molar-refractivity contribution >= 4 is 5.97 Å². The number of ether oxygens (including phenoxy) is 1. The Balaban J connectivity index is 1.89. The van der Waals surface area contributed by atoms with Gasteiger partial charge in [0.15, 0.2) is 0 Å². The van der Waals surface area contributed by atoms with E-state index in [1.807, 2.05) is 12.1 Å². The van der Waals surface area contributed by atoms with Crippen LogP contribution in [-0.4, -0.2) is 21.8 Å². The van der Waals surface area contributed by atoms with Crippen molar-refractivity contribution in [2.24, 2.45) is 5.92 Å². The molecular formula is C26H38O4. The van der Waals surface area contributed by atoms with Gasteiger partial charge in [-0.25, -0.2) is 4.79 Å². The molecule has 4 heteroatoms. The minimum atomic E-state index is -0.861. The lowest BCUT2D eigenvalue weighted by atomic mass is 9.66. The van der Waals surface area contributed by atoms with E-state index in [1.54, 1.807) is 0 Å². The summed E-state index contributed by atoms with van der Waals surface area (Å²) in [5.41, 5.74) is 1.85. The molecule has 1 aliphatic heterocycles. The highest BCUT2D eigenvalue weighted by molar-refractivity contribution is 5.87. The maximum Gasteiger partial charge on any atom is 0.331 e. The van der Waals surface area contributed by atoms with Gasteiger partial charge in [-0.1, -0.05) is 59.0 Å².